The van der Waals surface area contributed by atoms with Gasteiger partial charge in [0.15, 0.2) is 0 Å². The molecular formula is C18H20N2O4S. The van der Waals surface area contributed by atoms with Gasteiger partial charge < -0.3 is 9.64 Å². The van der Waals surface area contributed by atoms with Crippen molar-refractivity contribution in [1.82, 2.24) is 4.90 Å². The monoisotopic (exact) mass is 360 g/mol. The van der Waals surface area contributed by atoms with E-state index in [1.54, 1.807) is 11.8 Å². The molecule has 2 aliphatic heterocycles. The zero-order chi connectivity index (χ0) is 18.0. The van der Waals surface area contributed by atoms with E-state index in [1.165, 1.54) is 22.7 Å². The number of rotatable bonds is 4. The van der Waals surface area contributed by atoms with Gasteiger partial charge in [0, 0.05) is 11.7 Å². The highest BCUT2D eigenvalue weighted by Crippen LogP contribution is 2.33. The number of nitrogens with zero attached hydrogens (tertiary/aromatic N) is 2. The second-order valence-corrected chi connectivity index (χ2v) is 6.94. The number of ether oxygens (including phenoxy) is 1. The lowest BCUT2D eigenvalue weighted by atomic mass is 10.1. The number of hydrogen-bond donors (Lipinski definition) is 0. The first kappa shape index (κ1) is 17.5. The molecule has 0 radical (unpaired) electrons. The summed E-state index contributed by atoms with van der Waals surface area (Å²) in [6.07, 6.45) is 2.09. The second-order valence-electron chi connectivity index (χ2n) is 5.95. The van der Waals surface area contributed by atoms with Gasteiger partial charge in [-0.1, -0.05) is 30.0 Å². The van der Waals surface area contributed by atoms with Crippen LogP contribution in [0.4, 0.5) is 5.69 Å². The molecule has 0 saturated carbocycles. The number of carbonyl (C=O) groups is 3. The standard InChI is InChI=1S/C18H20N2O4S/c1-3-24-18(23)9-17-19(16(22)11-25-17)10-15(21)20-12(2)8-13-6-4-5-7-14(13)20/h4-7,9,12H,3,8,10-11H2,1-2H3/b17-9-/t12-/m0/s1. The Hall–Kier alpha value is -2.28. The molecule has 6 nitrogen and oxygen atoms in total. The fraction of sp³-hybridized carbons (Fsp3) is 0.389. The molecule has 1 aromatic carbocycles. The fourth-order valence-electron chi connectivity index (χ4n) is 3.14. The molecule has 0 aliphatic carbocycles. The van der Waals surface area contributed by atoms with Gasteiger partial charge in [-0.2, -0.15) is 0 Å². The Balaban J connectivity index is 1.77. The van der Waals surface area contributed by atoms with Gasteiger partial charge in [0.25, 0.3) is 0 Å². The minimum absolute atomic E-state index is 0.0488. The van der Waals surface area contributed by atoms with Crippen LogP contribution in [0.15, 0.2) is 35.4 Å². The van der Waals surface area contributed by atoms with E-state index in [2.05, 4.69) is 0 Å². The van der Waals surface area contributed by atoms with Gasteiger partial charge >= 0.3 is 5.97 Å². The second kappa shape index (κ2) is 7.31. The zero-order valence-corrected chi connectivity index (χ0v) is 15.0. The van der Waals surface area contributed by atoms with Crippen LogP contribution in [-0.2, 0) is 25.5 Å². The van der Waals surface area contributed by atoms with E-state index in [4.69, 9.17) is 4.74 Å². The highest BCUT2D eigenvalue weighted by molar-refractivity contribution is 8.04. The van der Waals surface area contributed by atoms with E-state index in [-0.39, 0.29) is 36.8 Å². The minimum atomic E-state index is -0.503. The summed E-state index contributed by atoms with van der Waals surface area (Å²) >= 11 is 1.25. The summed E-state index contributed by atoms with van der Waals surface area (Å²) in [5.41, 5.74) is 2.03. The van der Waals surface area contributed by atoms with Gasteiger partial charge in [-0.05, 0) is 31.9 Å². The Morgan fingerprint density at radius 1 is 1.36 bits per heavy atom. The summed E-state index contributed by atoms with van der Waals surface area (Å²) in [6.45, 7) is 3.91. The Kier molecular flexibility index (Phi) is 5.13. The number of benzene rings is 1. The predicted molar refractivity (Wildman–Crippen MR) is 96.0 cm³/mol. The molecule has 1 atom stereocenters. The SMILES string of the molecule is CCOC(=O)/C=C1\SCC(=O)N1CC(=O)N1c2ccccc2C[C@@H]1C. The van der Waals surface area contributed by atoms with Crippen molar-refractivity contribution in [3.05, 3.63) is 40.9 Å². The number of amides is 2. The zero-order valence-electron chi connectivity index (χ0n) is 14.2. The Bertz CT molecular complexity index is 746. The molecule has 2 amide bonds. The Labute approximate surface area is 150 Å². The summed E-state index contributed by atoms with van der Waals surface area (Å²) in [5, 5.41) is 0.469. The van der Waals surface area contributed by atoms with Crippen LogP contribution >= 0.6 is 11.8 Å². The highest BCUT2D eigenvalue weighted by atomic mass is 32.2. The molecule has 0 bridgehead atoms. The third-order valence-electron chi connectivity index (χ3n) is 4.21. The van der Waals surface area contributed by atoms with E-state index < -0.39 is 5.97 Å². The Morgan fingerprint density at radius 2 is 2.12 bits per heavy atom. The molecule has 7 heteroatoms. The number of hydrogen-bond acceptors (Lipinski definition) is 5. The third-order valence-corrected chi connectivity index (χ3v) is 5.23. The van der Waals surface area contributed by atoms with Crippen LogP contribution < -0.4 is 4.90 Å². The maximum atomic E-state index is 12.9. The first-order valence-corrected chi connectivity index (χ1v) is 9.21. The average Bonchev–Trinajstić information content (AvgIpc) is 3.08. The van der Waals surface area contributed by atoms with Crippen molar-refractivity contribution in [1.29, 1.82) is 0 Å². The van der Waals surface area contributed by atoms with Crippen molar-refractivity contribution in [3.63, 3.8) is 0 Å². The number of anilines is 1. The topological polar surface area (TPSA) is 66.9 Å². The maximum Gasteiger partial charge on any atom is 0.333 e. The molecule has 0 spiro atoms. The van der Waals surface area contributed by atoms with Crippen LogP contribution in [-0.4, -0.2) is 47.6 Å². The van der Waals surface area contributed by atoms with Gasteiger partial charge in [-0.25, -0.2) is 4.79 Å². The molecule has 3 rings (SSSR count). The minimum Gasteiger partial charge on any atom is -0.463 e. The summed E-state index contributed by atoms with van der Waals surface area (Å²) in [5.74, 6) is -0.598. The van der Waals surface area contributed by atoms with Crippen LogP contribution in [0.3, 0.4) is 0 Å². The van der Waals surface area contributed by atoms with Crippen molar-refractivity contribution >= 4 is 35.2 Å². The third kappa shape index (κ3) is 3.56. The van der Waals surface area contributed by atoms with E-state index in [0.717, 1.165) is 17.7 Å². The summed E-state index contributed by atoms with van der Waals surface area (Å²) in [7, 11) is 0. The largest absolute Gasteiger partial charge is 0.463 e. The summed E-state index contributed by atoms with van der Waals surface area (Å²) < 4.78 is 4.89. The van der Waals surface area contributed by atoms with Crippen LogP contribution in [0, 0.1) is 0 Å². The molecular weight excluding hydrogens is 340 g/mol. The number of carbonyl (C=O) groups excluding carboxylic acids is 3. The smallest absolute Gasteiger partial charge is 0.333 e. The Morgan fingerprint density at radius 3 is 2.88 bits per heavy atom. The molecule has 2 aliphatic rings. The fourth-order valence-corrected chi connectivity index (χ4v) is 4.07. The van der Waals surface area contributed by atoms with Crippen LogP contribution in [0.1, 0.15) is 19.4 Å². The van der Waals surface area contributed by atoms with Crippen LogP contribution in [0.2, 0.25) is 0 Å². The van der Waals surface area contributed by atoms with E-state index in [1.807, 2.05) is 31.2 Å². The summed E-state index contributed by atoms with van der Waals surface area (Å²) in [4.78, 5) is 39.8. The normalized spacial score (nSPS) is 21.0. The molecule has 132 valence electrons. The van der Waals surface area contributed by atoms with Gasteiger partial charge in [0.05, 0.1) is 23.5 Å². The lowest BCUT2D eigenvalue weighted by Crippen LogP contribution is -2.43. The van der Waals surface area contributed by atoms with Crippen LogP contribution in [0.5, 0.6) is 0 Å². The number of thioether (sulfide) groups is 1. The van der Waals surface area contributed by atoms with Crippen LogP contribution in [0.25, 0.3) is 0 Å². The van der Waals surface area contributed by atoms with Gasteiger partial charge in [0.2, 0.25) is 11.8 Å². The first-order chi connectivity index (χ1) is 12.0. The van der Waals surface area contributed by atoms with E-state index >= 15 is 0 Å². The first-order valence-electron chi connectivity index (χ1n) is 8.22. The van der Waals surface area contributed by atoms with E-state index in [0.29, 0.717) is 5.03 Å². The number of para-hydroxylation sites is 1. The van der Waals surface area contributed by atoms with Gasteiger partial charge in [0.1, 0.15) is 6.54 Å². The molecule has 1 fully saturated rings. The van der Waals surface area contributed by atoms with E-state index in [9.17, 15) is 14.4 Å². The predicted octanol–water partition coefficient (Wildman–Crippen LogP) is 1.94. The molecule has 2 heterocycles. The maximum absolute atomic E-state index is 12.9. The van der Waals surface area contributed by atoms with Crippen molar-refractivity contribution in [3.8, 4) is 0 Å². The molecule has 0 N–H and O–H groups in total. The number of fused-ring (bicyclic) bond motifs is 1. The lowest BCUT2D eigenvalue weighted by molar-refractivity contribution is -0.137. The van der Waals surface area contributed by atoms with Crippen molar-refractivity contribution < 1.29 is 19.1 Å². The molecule has 1 aromatic rings. The summed E-state index contributed by atoms with van der Waals surface area (Å²) in [6, 6.07) is 7.85. The van der Waals surface area contributed by atoms with Gasteiger partial charge in [-0.3, -0.25) is 14.5 Å². The molecule has 25 heavy (non-hydrogen) atoms. The molecule has 0 aromatic heterocycles. The number of esters is 1. The molecule has 0 unspecified atom stereocenters. The van der Waals surface area contributed by atoms with Crippen molar-refractivity contribution in [2.45, 2.75) is 26.3 Å². The van der Waals surface area contributed by atoms with Crippen molar-refractivity contribution in [2.75, 3.05) is 23.8 Å². The van der Waals surface area contributed by atoms with Crippen molar-refractivity contribution in [2.24, 2.45) is 0 Å². The van der Waals surface area contributed by atoms with Gasteiger partial charge in [-0.15, -0.1) is 0 Å². The average molecular weight is 360 g/mol. The molecule has 1 saturated heterocycles. The highest BCUT2D eigenvalue weighted by Gasteiger charge is 2.35. The quantitative estimate of drug-likeness (QED) is 0.606. The lowest BCUT2D eigenvalue weighted by Gasteiger charge is -2.25.